The number of carbonyl (C=O) groups is 4. The predicted octanol–water partition coefficient (Wildman–Crippen LogP) is 4.63. The van der Waals surface area contributed by atoms with E-state index >= 15 is 0 Å². The number of carbonyl (C=O) groups excluding carboxylic acids is 4. The van der Waals surface area contributed by atoms with Gasteiger partial charge < -0.3 is 14.8 Å². The van der Waals surface area contributed by atoms with Crippen molar-refractivity contribution in [3.63, 3.8) is 0 Å². The number of esters is 1. The van der Waals surface area contributed by atoms with E-state index in [0.29, 0.717) is 37.2 Å². The zero-order valence-corrected chi connectivity index (χ0v) is 22.9. The predicted molar refractivity (Wildman–Crippen MR) is 151 cm³/mol. The van der Waals surface area contributed by atoms with Gasteiger partial charge in [-0.1, -0.05) is 61.0 Å². The normalized spacial score (nSPS) is 21.6. The van der Waals surface area contributed by atoms with Crippen molar-refractivity contribution in [2.75, 3.05) is 25.6 Å². The minimum Gasteiger partial charge on any atom is -0.497 e. The van der Waals surface area contributed by atoms with Crippen LogP contribution in [0.1, 0.15) is 59.8 Å². The van der Waals surface area contributed by atoms with Gasteiger partial charge in [-0.05, 0) is 47.2 Å². The van der Waals surface area contributed by atoms with Crippen LogP contribution < -0.4 is 10.1 Å². The summed E-state index contributed by atoms with van der Waals surface area (Å²) in [7, 11) is 1.54. The first-order chi connectivity index (χ1) is 20.0. The minimum atomic E-state index is -0.461. The molecule has 41 heavy (non-hydrogen) atoms. The van der Waals surface area contributed by atoms with Crippen molar-refractivity contribution in [3.8, 4) is 5.75 Å². The van der Waals surface area contributed by atoms with Gasteiger partial charge in [0.1, 0.15) is 5.75 Å². The Kier molecular flexibility index (Phi) is 7.30. The van der Waals surface area contributed by atoms with E-state index in [1.54, 1.807) is 24.3 Å². The molecule has 2 atom stereocenters. The molecule has 0 radical (unpaired) electrons. The number of amides is 3. The third kappa shape index (κ3) is 4.88. The molecular weight excluding hydrogens is 520 g/mol. The number of unbranched alkanes of at least 4 members (excludes halogenated alkanes) is 2. The number of imide groups is 1. The fourth-order valence-electron chi connectivity index (χ4n) is 6.79. The van der Waals surface area contributed by atoms with E-state index < -0.39 is 11.9 Å². The summed E-state index contributed by atoms with van der Waals surface area (Å²) in [5.41, 5.74) is 5.21. The Morgan fingerprint density at radius 1 is 0.780 bits per heavy atom. The van der Waals surface area contributed by atoms with Crippen LogP contribution in [0.5, 0.6) is 5.75 Å². The van der Waals surface area contributed by atoms with E-state index in [0.717, 1.165) is 22.3 Å². The zero-order valence-electron chi connectivity index (χ0n) is 22.9. The number of benzene rings is 3. The summed E-state index contributed by atoms with van der Waals surface area (Å²) >= 11 is 0. The van der Waals surface area contributed by atoms with Crippen LogP contribution in [0.15, 0.2) is 72.8 Å². The van der Waals surface area contributed by atoms with E-state index in [2.05, 4.69) is 29.6 Å². The van der Waals surface area contributed by atoms with Gasteiger partial charge in [-0.3, -0.25) is 24.1 Å². The van der Waals surface area contributed by atoms with Crippen molar-refractivity contribution < 1.29 is 28.7 Å². The molecule has 0 spiro atoms. The van der Waals surface area contributed by atoms with Gasteiger partial charge in [0.25, 0.3) is 5.91 Å². The SMILES string of the molecule is COc1cccc(NC(=O)COC(=O)CCCCCN2C(=O)[C@@H]3C4c5ccccc5C(c5ccccc54)[C@H]3C2=O)c1. The number of anilines is 1. The monoisotopic (exact) mass is 552 g/mol. The lowest BCUT2D eigenvalue weighted by Crippen LogP contribution is -2.41. The van der Waals surface area contributed by atoms with Gasteiger partial charge >= 0.3 is 5.97 Å². The fraction of sp³-hybridized carbons (Fsp3) is 0.333. The van der Waals surface area contributed by atoms with Gasteiger partial charge in [0, 0.05) is 36.6 Å². The summed E-state index contributed by atoms with van der Waals surface area (Å²) in [6.07, 6.45) is 1.97. The smallest absolute Gasteiger partial charge is 0.306 e. The maximum Gasteiger partial charge on any atom is 0.306 e. The lowest BCUT2D eigenvalue weighted by Gasteiger charge is -2.45. The topological polar surface area (TPSA) is 102 Å². The highest BCUT2D eigenvalue weighted by molar-refractivity contribution is 6.07. The quantitative estimate of drug-likeness (QED) is 0.224. The zero-order chi connectivity index (χ0) is 28.5. The summed E-state index contributed by atoms with van der Waals surface area (Å²) in [5, 5.41) is 2.67. The maximum atomic E-state index is 13.6. The van der Waals surface area contributed by atoms with Crippen molar-refractivity contribution >= 4 is 29.4 Å². The molecule has 3 aromatic carbocycles. The minimum absolute atomic E-state index is 0.0829. The highest BCUT2D eigenvalue weighted by Crippen LogP contribution is 2.60. The molecule has 4 aliphatic rings. The highest BCUT2D eigenvalue weighted by atomic mass is 16.5. The number of rotatable bonds is 10. The van der Waals surface area contributed by atoms with Crippen LogP contribution in [0.25, 0.3) is 0 Å². The second kappa shape index (κ2) is 11.2. The standard InChI is InChI=1S/C33H32N2O6/c1-40-21-11-9-10-20(18-21)34-26(36)19-41-27(37)16-3-2-8-17-35-32(38)30-28-22-12-4-5-13-23(22)29(31(30)33(35)39)25-15-7-6-14-24(25)28/h4-7,9-15,18,28-31H,2-3,8,16-17,19H2,1H3,(H,34,36)/t28?,29?,30-,31-/m1/s1. The van der Waals surface area contributed by atoms with Gasteiger partial charge in [0.15, 0.2) is 6.61 Å². The second-order valence-electron chi connectivity index (χ2n) is 10.8. The van der Waals surface area contributed by atoms with Crippen molar-refractivity contribution in [1.82, 2.24) is 4.90 Å². The van der Waals surface area contributed by atoms with E-state index in [1.807, 2.05) is 24.3 Å². The van der Waals surface area contributed by atoms with Gasteiger partial charge in [-0.25, -0.2) is 0 Å². The molecule has 1 N–H and O–H groups in total. The first-order valence-electron chi connectivity index (χ1n) is 14.1. The molecule has 1 saturated heterocycles. The molecule has 3 aliphatic carbocycles. The Bertz CT molecular complexity index is 1400. The van der Waals surface area contributed by atoms with E-state index in [4.69, 9.17) is 9.47 Å². The summed E-state index contributed by atoms with van der Waals surface area (Å²) in [4.78, 5) is 53.0. The third-order valence-corrected chi connectivity index (χ3v) is 8.52. The molecule has 210 valence electrons. The molecule has 0 unspecified atom stereocenters. The number of ether oxygens (including phenoxy) is 2. The van der Waals surface area contributed by atoms with Crippen molar-refractivity contribution in [2.24, 2.45) is 11.8 Å². The first-order valence-corrected chi connectivity index (χ1v) is 14.1. The molecule has 1 aliphatic heterocycles. The molecule has 2 bridgehead atoms. The van der Waals surface area contributed by atoms with Crippen molar-refractivity contribution in [1.29, 1.82) is 0 Å². The summed E-state index contributed by atoms with van der Waals surface area (Å²) in [6.45, 7) is -0.0303. The van der Waals surface area contributed by atoms with Crippen LogP contribution in [0, 0.1) is 11.8 Å². The van der Waals surface area contributed by atoms with Crippen molar-refractivity contribution in [3.05, 3.63) is 95.1 Å². The third-order valence-electron chi connectivity index (χ3n) is 8.52. The van der Waals surface area contributed by atoms with Crippen LogP contribution >= 0.6 is 0 Å². The Morgan fingerprint density at radius 2 is 1.37 bits per heavy atom. The molecule has 0 aromatic heterocycles. The van der Waals surface area contributed by atoms with Crippen molar-refractivity contribution in [2.45, 2.75) is 37.5 Å². The number of nitrogens with one attached hydrogen (secondary N) is 1. The molecular formula is C33H32N2O6. The van der Waals surface area contributed by atoms with E-state index in [9.17, 15) is 19.2 Å². The number of hydrogen-bond donors (Lipinski definition) is 1. The Morgan fingerprint density at radius 3 is 1.93 bits per heavy atom. The molecule has 8 heteroatoms. The molecule has 1 heterocycles. The highest BCUT2D eigenvalue weighted by Gasteiger charge is 2.61. The Hall–Kier alpha value is -4.46. The van der Waals surface area contributed by atoms with E-state index in [1.165, 1.54) is 12.0 Å². The van der Waals surface area contributed by atoms with Gasteiger partial charge in [0.05, 0.1) is 18.9 Å². The molecule has 8 nitrogen and oxygen atoms in total. The summed E-state index contributed by atoms with van der Waals surface area (Å²) < 4.78 is 10.2. The number of methoxy groups -OCH3 is 1. The van der Waals surface area contributed by atoms with Gasteiger partial charge in [0.2, 0.25) is 11.8 Å². The van der Waals surface area contributed by atoms with Crippen LogP contribution in [0.4, 0.5) is 5.69 Å². The number of nitrogens with zero attached hydrogens (tertiary/aromatic N) is 1. The Labute approximate surface area is 238 Å². The van der Waals surface area contributed by atoms with Crippen LogP contribution in [-0.2, 0) is 23.9 Å². The lowest BCUT2D eigenvalue weighted by molar-refractivity contribution is -0.147. The van der Waals surface area contributed by atoms with E-state index in [-0.39, 0.29) is 48.5 Å². The first kappa shape index (κ1) is 26.7. The fourth-order valence-corrected chi connectivity index (χ4v) is 6.79. The second-order valence-corrected chi connectivity index (χ2v) is 10.8. The molecule has 7 rings (SSSR count). The molecule has 3 aromatic rings. The van der Waals surface area contributed by atoms with Crippen LogP contribution in [-0.4, -0.2) is 48.9 Å². The molecule has 0 saturated carbocycles. The maximum absolute atomic E-state index is 13.6. The molecule has 1 fully saturated rings. The number of likely N-dealkylation sites (tertiary alicyclic amines) is 1. The van der Waals surface area contributed by atoms with Crippen LogP contribution in [0.2, 0.25) is 0 Å². The lowest BCUT2D eigenvalue weighted by atomic mass is 9.55. The number of hydrogen-bond acceptors (Lipinski definition) is 6. The average Bonchev–Trinajstić information content (AvgIpc) is 3.25. The van der Waals surface area contributed by atoms with Gasteiger partial charge in [-0.15, -0.1) is 0 Å². The Balaban J connectivity index is 0.991. The average molecular weight is 553 g/mol. The van der Waals surface area contributed by atoms with Gasteiger partial charge in [-0.2, -0.15) is 0 Å². The summed E-state index contributed by atoms with van der Waals surface area (Å²) in [6, 6.07) is 23.3. The summed E-state index contributed by atoms with van der Waals surface area (Å²) in [5.74, 6) is -1.38. The largest absolute Gasteiger partial charge is 0.497 e. The molecule has 3 amide bonds. The van der Waals surface area contributed by atoms with Crippen LogP contribution in [0.3, 0.4) is 0 Å².